The number of carbonyl (C=O) groups is 1. The standard InChI is InChI=1S/C15H9Cl4NOS/c16-8-1-3-10(12(18)5-8)15-20(14(21)7-22-15)9-2-4-11(17)13(19)6-9/h1-6,15H,7H2/t15-/m0/s1. The predicted octanol–water partition coefficient (Wildman–Crippen LogP) is 6.08. The van der Waals surface area contributed by atoms with Crippen molar-refractivity contribution in [2.24, 2.45) is 0 Å². The highest BCUT2D eigenvalue weighted by Crippen LogP contribution is 2.45. The molecular weight excluding hydrogens is 384 g/mol. The summed E-state index contributed by atoms with van der Waals surface area (Å²) in [4.78, 5) is 14.0. The first kappa shape index (κ1) is 16.3. The Morgan fingerprint density at radius 2 is 1.73 bits per heavy atom. The Bertz CT molecular complexity index is 752. The van der Waals surface area contributed by atoms with Gasteiger partial charge in [0.25, 0.3) is 0 Å². The molecule has 1 amide bonds. The molecule has 0 radical (unpaired) electrons. The van der Waals surface area contributed by atoms with Crippen LogP contribution in [0.2, 0.25) is 20.1 Å². The zero-order chi connectivity index (χ0) is 15.9. The SMILES string of the molecule is O=C1CS[C@@H](c2ccc(Cl)cc2Cl)N1c1ccc(Cl)c(Cl)c1. The minimum absolute atomic E-state index is 0.000550. The number of nitrogens with zero attached hydrogens (tertiary/aromatic N) is 1. The van der Waals surface area contributed by atoms with Crippen LogP contribution in [0.25, 0.3) is 0 Å². The Hall–Kier alpha value is -0.580. The molecule has 1 saturated heterocycles. The number of benzene rings is 2. The zero-order valence-electron chi connectivity index (χ0n) is 11.0. The molecule has 0 saturated carbocycles. The molecule has 0 bridgehead atoms. The average Bonchev–Trinajstić information content (AvgIpc) is 2.84. The van der Waals surface area contributed by atoms with E-state index in [9.17, 15) is 4.79 Å². The third kappa shape index (κ3) is 3.06. The van der Waals surface area contributed by atoms with E-state index in [1.54, 1.807) is 35.2 Å². The van der Waals surface area contributed by atoms with Gasteiger partial charge in [-0.2, -0.15) is 0 Å². The van der Waals surface area contributed by atoms with Gasteiger partial charge in [0.2, 0.25) is 5.91 Å². The topological polar surface area (TPSA) is 20.3 Å². The van der Waals surface area contributed by atoms with Crippen molar-refractivity contribution in [1.29, 1.82) is 0 Å². The second kappa shape index (κ2) is 6.50. The van der Waals surface area contributed by atoms with Crippen LogP contribution in [0.15, 0.2) is 36.4 Å². The first-order chi connectivity index (χ1) is 10.5. The maximum atomic E-state index is 12.3. The van der Waals surface area contributed by atoms with Crippen molar-refractivity contribution in [3.63, 3.8) is 0 Å². The van der Waals surface area contributed by atoms with Crippen molar-refractivity contribution in [3.05, 3.63) is 62.1 Å². The van der Waals surface area contributed by atoms with Crippen LogP contribution >= 0.6 is 58.2 Å². The Morgan fingerprint density at radius 3 is 2.41 bits per heavy atom. The molecule has 0 aromatic heterocycles. The van der Waals surface area contributed by atoms with Crippen LogP contribution in [0, 0.1) is 0 Å². The Balaban J connectivity index is 2.03. The van der Waals surface area contributed by atoms with Crippen LogP contribution in [-0.4, -0.2) is 11.7 Å². The highest BCUT2D eigenvalue weighted by Gasteiger charge is 2.35. The molecule has 7 heteroatoms. The van der Waals surface area contributed by atoms with Gasteiger partial charge in [0.1, 0.15) is 5.37 Å². The molecule has 1 fully saturated rings. The molecular formula is C15H9Cl4NOS. The number of amides is 1. The zero-order valence-corrected chi connectivity index (χ0v) is 14.9. The van der Waals surface area contributed by atoms with E-state index in [4.69, 9.17) is 46.4 Å². The summed E-state index contributed by atoms with van der Waals surface area (Å²) in [6.07, 6.45) is 0. The third-order valence-corrected chi connectivity index (χ3v) is 5.77. The number of hydrogen-bond donors (Lipinski definition) is 0. The maximum absolute atomic E-state index is 12.3. The Kier molecular flexibility index (Phi) is 4.81. The van der Waals surface area contributed by atoms with Crippen molar-refractivity contribution in [1.82, 2.24) is 0 Å². The first-order valence-corrected chi connectivity index (χ1v) is 8.87. The largest absolute Gasteiger partial charge is 0.295 e. The maximum Gasteiger partial charge on any atom is 0.238 e. The summed E-state index contributed by atoms with van der Waals surface area (Å²) >= 11 is 25.7. The lowest BCUT2D eigenvalue weighted by atomic mass is 10.2. The van der Waals surface area contributed by atoms with Gasteiger partial charge >= 0.3 is 0 Å². The number of rotatable bonds is 2. The number of halogens is 4. The number of thioether (sulfide) groups is 1. The van der Waals surface area contributed by atoms with Gasteiger partial charge in [-0.25, -0.2) is 0 Å². The molecule has 0 spiro atoms. The molecule has 114 valence electrons. The normalized spacial score (nSPS) is 18.1. The summed E-state index contributed by atoms with van der Waals surface area (Å²) in [6.45, 7) is 0. The predicted molar refractivity (Wildman–Crippen MR) is 95.6 cm³/mol. The third-order valence-electron chi connectivity index (χ3n) is 3.28. The molecule has 1 atom stereocenters. The molecule has 0 unspecified atom stereocenters. The lowest BCUT2D eigenvalue weighted by molar-refractivity contribution is -0.115. The van der Waals surface area contributed by atoms with Gasteiger partial charge in [0.05, 0.1) is 15.8 Å². The molecule has 2 nitrogen and oxygen atoms in total. The summed E-state index contributed by atoms with van der Waals surface area (Å²) in [7, 11) is 0. The van der Waals surface area contributed by atoms with Crippen LogP contribution in [0.4, 0.5) is 5.69 Å². The summed E-state index contributed by atoms with van der Waals surface area (Å²) in [5.74, 6) is 0.378. The van der Waals surface area contributed by atoms with Gasteiger partial charge in [-0.3, -0.25) is 9.69 Å². The van der Waals surface area contributed by atoms with E-state index in [-0.39, 0.29) is 11.3 Å². The van der Waals surface area contributed by atoms with Gasteiger partial charge in [0, 0.05) is 21.3 Å². The second-order valence-electron chi connectivity index (χ2n) is 4.69. The van der Waals surface area contributed by atoms with E-state index < -0.39 is 0 Å². The fourth-order valence-electron chi connectivity index (χ4n) is 2.27. The van der Waals surface area contributed by atoms with Crippen molar-refractivity contribution in [3.8, 4) is 0 Å². The fourth-order valence-corrected chi connectivity index (χ4v) is 4.35. The summed E-state index contributed by atoms with van der Waals surface area (Å²) in [5, 5.41) is 1.74. The van der Waals surface area contributed by atoms with Gasteiger partial charge in [-0.15, -0.1) is 11.8 Å². The first-order valence-electron chi connectivity index (χ1n) is 6.31. The van der Waals surface area contributed by atoms with Gasteiger partial charge in [0.15, 0.2) is 0 Å². The highest BCUT2D eigenvalue weighted by molar-refractivity contribution is 8.00. The molecule has 3 rings (SSSR count). The van der Waals surface area contributed by atoms with Crippen molar-refractivity contribution in [2.75, 3.05) is 10.7 Å². The van der Waals surface area contributed by atoms with Crippen LogP contribution in [-0.2, 0) is 4.79 Å². The lowest BCUT2D eigenvalue weighted by Gasteiger charge is -2.25. The summed E-state index contributed by atoms with van der Waals surface area (Å²) < 4.78 is 0. The monoisotopic (exact) mass is 391 g/mol. The smallest absolute Gasteiger partial charge is 0.238 e. The molecule has 2 aromatic carbocycles. The average molecular weight is 393 g/mol. The molecule has 1 aliphatic heterocycles. The number of carbonyl (C=O) groups excluding carboxylic acids is 1. The van der Waals surface area contributed by atoms with Gasteiger partial charge < -0.3 is 0 Å². The van der Waals surface area contributed by atoms with Crippen LogP contribution in [0.3, 0.4) is 0 Å². The molecule has 0 N–H and O–H groups in total. The molecule has 1 heterocycles. The highest BCUT2D eigenvalue weighted by atomic mass is 35.5. The van der Waals surface area contributed by atoms with Crippen LogP contribution in [0.1, 0.15) is 10.9 Å². The van der Waals surface area contributed by atoms with E-state index in [1.807, 2.05) is 6.07 Å². The minimum atomic E-state index is -0.213. The van der Waals surface area contributed by atoms with Crippen LogP contribution < -0.4 is 4.90 Å². The summed E-state index contributed by atoms with van der Waals surface area (Å²) in [5.41, 5.74) is 1.54. The number of hydrogen-bond acceptors (Lipinski definition) is 2. The second-order valence-corrected chi connectivity index (χ2v) is 7.42. The Labute approximate surface area is 152 Å². The molecule has 2 aromatic rings. The van der Waals surface area contributed by atoms with E-state index in [2.05, 4.69) is 0 Å². The van der Waals surface area contributed by atoms with Crippen LogP contribution in [0.5, 0.6) is 0 Å². The van der Waals surface area contributed by atoms with E-state index in [0.717, 1.165) is 5.56 Å². The van der Waals surface area contributed by atoms with Crippen molar-refractivity contribution >= 4 is 69.8 Å². The van der Waals surface area contributed by atoms with E-state index >= 15 is 0 Å². The van der Waals surface area contributed by atoms with Gasteiger partial charge in [-0.1, -0.05) is 52.5 Å². The van der Waals surface area contributed by atoms with Gasteiger partial charge in [-0.05, 0) is 30.3 Å². The number of anilines is 1. The van der Waals surface area contributed by atoms with Crippen molar-refractivity contribution in [2.45, 2.75) is 5.37 Å². The molecule has 22 heavy (non-hydrogen) atoms. The van der Waals surface area contributed by atoms with E-state index in [1.165, 1.54) is 11.8 Å². The molecule has 0 aliphatic carbocycles. The Morgan fingerprint density at radius 1 is 0.955 bits per heavy atom. The molecule has 1 aliphatic rings. The summed E-state index contributed by atoms with van der Waals surface area (Å²) in [6, 6.07) is 10.4. The quantitative estimate of drug-likeness (QED) is 0.617. The van der Waals surface area contributed by atoms with Crippen molar-refractivity contribution < 1.29 is 4.79 Å². The lowest BCUT2D eigenvalue weighted by Crippen LogP contribution is -2.27. The fraction of sp³-hybridized carbons (Fsp3) is 0.133. The minimum Gasteiger partial charge on any atom is -0.295 e. The van der Waals surface area contributed by atoms with E-state index in [0.29, 0.717) is 31.5 Å².